The highest BCUT2D eigenvalue weighted by Crippen LogP contribution is 2.12. The summed E-state index contributed by atoms with van der Waals surface area (Å²) in [6.45, 7) is -1.10. The molecule has 0 fully saturated rings. The number of rotatable bonds is 12. The lowest BCUT2D eigenvalue weighted by molar-refractivity contribution is -0.127. The number of hydrogen-bond donors (Lipinski definition) is 0. The maximum atomic E-state index is 12.5. The van der Waals surface area contributed by atoms with Gasteiger partial charge in [-0.1, -0.05) is 54.6 Å². The van der Waals surface area contributed by atoms with Crippen molar-refractivity contribution in [3.8, 4) is 0 Å². The van der Waals surface area contributed by atoms with Crippen molar-refractivity contribution in [1.82, 2.24) is 0 Å². The fourth-order valence-electron chi connectivity index (χ4n) is 3.18. The van der Waals surface area contributed by atoms with Crippen LogP contribution in [-0.4, -0.2) is 48.8 Å². The highest BCUT2D eigenvalue weighted by molar-refractivity contribution is 5.93. The van der Waals surface area contributed by atoms with Crippen LogP contribution in [0.2, 0.25) is 0 Å². The normalized spacial score (nSPS) is 10.4. The van der Waals surface area contributed by atoms with Gasteiger partial charge in [-0.3, -0.25) is 9.59 Å². The van der Waals surface area contributed by atoms with Gasteiger partial charge in [0, 0.05) is 12.8 Å². The largest absolute Gasteiger partial charge is 0.458 e. The molecular weight excluding hydrogens is 464 g/mol. The molecule has 0 aliphatic heterocycles. The van der Waals surface area contributed by atoms with E-state index in [1.165, 1.54) is 12.1 Å². The monoisotopic (exact) mass is 488 g/mol. The van der Waals surface area contributed by atoms with Gasteiger partial charge in [0.15, 0.2) is 11.6 Å². The molecule has 0 aliphatic carbocycles. The lowest BCUT2D eigenvalue weighted by atomic mass is 10.1. The predicted molar refractivity (Wildman–Crippen MR) is 128 cm³/mol. The second-order valence-electron chi connectivity index (χ2n) is 7.76. The molecule has 0 N–H and O–H groups in total. The molecule has 0 bridgehead atoms. The zero-order chi connectivity index (χ0) is 25.8. The summed E-state index contributed by atoms with van der Waals surface area (Å²) in [6, 6.07) is 24.4. The predicted octanol–water partition coefficient (Wildman–Crippen LogP) is 3.84. The molecule has 0 saturated carbocycles. The number of carbonyl (C=O) groups is 5. The van der Waals surface area contributed by atoms with E-state index in [0.717, 1.165) is 0 Å². The number of Topliss-reactive ketones (excluding diaryl/α,β-unsaturated/α-hetero) is 2. The molecule has 0 spiro atoms. The fraction of sp³-hybridized carbons (Fsp3) is 0.179. The van der Waals surface area contributed by atoms with E-state index < -0.39 is 48.8 Å². The summed E-state index contributed by atoms with van der Waals surface area (Å²) in [6.07, 6.45) is -1.86. The van der Waals surface area contributed by atoms with Crippen LogP contribution >= 0.6 is 0 Å². The number of esters is 3. The minimum atomic E-state index is -1.14. The number of ketones is 2. The van der Waals surface area contributed by atoms with Crippen LogP contribution in [0.3, 0.4) is 0 Å². The number of hydrogen-bond acceptors (Lipinski definition) is 8. The van der Waals surface area contributed by atoms with Gasteiger partial charge in [-0.25, -0.2) is 14.4 Å². The number of benzene rings is 3. The van der Waals surface area contributed by atoms with Crippen molar-refractivity contribution < 1.29 is 38.2 Å². The summed E-state index contributed by atoms with van der Waals surface area (Å²) >= 11 is 0. The third kappa shape index (κ3) is 8.32. The van der Waals surface area contributed by atoms with Gasteiger partial charge in [0.1, 0.15) is 19.3 Å². The fourth-order valence-corrected chi connectivity index (χ4v) is 3.18. The molecule has 8 heteroatoms. The average Bonchev–Trinajstić information content (AvgIpc) is 2.91. The summed E-state index contributed by atoms with van der Waals surface area (Å²) in [4.78, 5) is 61.6. The van der Waals surface area contributed by atoms with Crippen LogP contribution < -0.4 is 0 Å². The first-order valence-electron chi connectivity index (χ1n) is 11.2. The van der Waals surface area contributed by atoms with E-state index in [0.29, 0.717) is 0 Å². The first kappa shape index (κ1) is 26.0. The Morgan fingerprint density at radius 2 is 0.833 bits per heavy atom. The molecule has 3 rings (SSSR count). The Labute approximate surface area is 207 Å². The van der Waals surface area contributed by atoms with Crippen molar-refractivity contribution in [2.24, 2.45) is 0 Å². The molecule has 0 aromatic heterocycles. The summed E-state index contributed by atoms with van der Waals surface area (Å²) in [5.74, 6) is -3.15. The molecule has 8 nitrogen and oxygen atoms in total. The van der Waals surface area contributed by atoms with Gasteiger partial charge in [-0.2, -0.15) is 0 Å². The Balaban J connectivity index is 1.58. The summed E-state index contributed by atoms with van der Waals surface area (Å²) in [7, 11) is 0. The molecule has 36 heavy (non-hydrogen) atoms. The van der Waals surface area contributed by atoms with Crippen molar-refractivity contribution in [2.45, 2.75) is 18.9 Å². The average molecular weight is 488 g/mol. The molecule has 0 heterocycles. The summed E-state index contributed by atoms with van der Waals surface area (Å²) < 4.78 is 15.5. The highest BCUT2D eigenvalue weighted by atomic mass is 16.6. The zero-order valence-corrected chi connectivity index (χ0v) is 19.3. The molecule has 3 aromatic carbocycles. The number of ether oxygens (including phenoxy) is 3. The maximum absolute atomic E-state index is 12.5. The highest BCUT2D eigenvalue weighted by Gasteiger charge is 2.24. The van der Waals surface area contributed by atoms with Crippen molar-refractivity contribution in [3.63, 3.8) is 0 Å². The van der Waals surface area contributed by atoms with Crippen LogP contribution in [0.1, 0.15) is 43.9 Å². The smallest absolute Gasteiger partial charge is 0.338 e. The van der Waals surface area contributed by atoms with E-state index in [1.54, 1.807) is 78.9 Å². The third-order valence-corrected chi connectivity index (χ3v) is 4.94. The molecule has 0 radical (unpaired) electrons. The quantitative estimate of drug-likeness (QED) is 0.279. The van der Waals surface area contributed by atoms with Gasteiger partial charge in [-0.05, 0) is 36.4 Å². The Bertz CT molecular complexity index is 1120. The van der Waals surface area contributed by atoms with E-state index in [-0.39, 0.29) is 29.5 Å². The van der Waals surface area contributed by atoms with Crippen molar-refractivity contribution >= 4 is 29.5 Å². The van der Waals surface area contributed by atoms with E-state index >= 15 is 0 Å². The minimum absolute atomic E-state index is 0.244. The van der Waals surface area contributed by atoms with Gasteiger partial charge in [0.2, 0.25) is 0 Å². The van der Waals surface area contributed by atoms with Crippen LogP contribution in [0.15, 0.2) is 91.0 Å². The standard InChI is InChI=1S/C28H24O8/c29-23(18-34-26(31)20-10-4-1-5-11-20)16-25(36-28(33)22-14-8-3-9-15-22)17-24(30)19-35-27(32)21-12-6-2-7-13-21/h1-15,25H,16-19H2. The molecule has 0 atom stereocenters. The van der Waals surface area contributed by atoms with E-state index in [1.807, 2.05) is 0 Å². The van der Waals surface area contributed by atoms with Crippen LogP contribution in [0.25, 0.3) is 0 Å². The SMILES string of the molecule is O=C(COC(=O)c1ccccc1)CC(CC(=O)COC(=O)c1ccccc1)OC(=O)c1ccccc1. The van der Waals surface area contributed by atoms with Gasteiger partial charge in [-0.15, -0.1) is 0 Å². The van der Waals surface area contributed by atoms with Crippen LogP contribution in [0.5, 0.6) is 0 Å². The van der Waals surface area contributed by atoms with Crippen LogP contribution in [0.4, 0.5) is 0 Å². The topological polar surface area (TPSA) is 113 Å². The maximum Gasteiger partial charge on any atom is 0.338 e. The minimum Gasteiger partial charge on any atom is -0.458 e. The molecular formula is C28H24O8. The van der Waals surface area contributed by atoms with Crippen LogP contribution in [-0.2, 0) is 23.8 Å². The molecule has 0 aliphatic rings. The first-order chi connectivity index (χ1) is 17.4. The van der Waals surface area contributed by atoms with Crippen LogP contribution in [0, 0.1) is 0 Å². The van der Waals surface area contributed by atoms with Gasteiger partial charge < -0.3 is 14.2 Å². The van der Waals surface area contributed by atoms with Gasteiger partial charge in [0.25, 0.3) is 0 Å². The zero-order valence-electron chi connectivity index (χ0n) is 19.3. The second kappa shape index (κ2) is 13.3. The number of carbonyl (C=O) groups excluding carboxylic acids is 5. The summed E-state index contributed by atoms with van der Waals surface area (Å²) in [5, 5.41) is 0. The van der Waals surface area contributed by atoms with E-state index in [4.69, 9.17) is 14.2 Å². The summed E-state index contributed by atoms with van der Waals surface area (Å²) in [5.41, 5.74) is 0.814. The van der Waals surface area contributed by atoms with Gasteiger partial charge in [0.05, 0.1) is 16.7 Å². The Hall–Kier alpha value is -4.59. The van der Waals surface area contributed by atoms with Crippen molar-refractivity contribution in [3.05, 3.63) is 108 Å². The lowest BCUT2D eigenvalue weighted by Gasteiger charge is -2.17. The Kier molecular flexibility index (Phi) is 9.64. The Morgan fingerprint density at radius 3 is 1.19 bits per heavy atom. The molecule has 184 valence electrons. The van der Waals surface area contributed by atoms with E-state index in [9.17, 15) is 24.0 Å². The Morgan fingerprint density at radius 1 is 0.500 bits per heavy atom. The molecule has 0 unspecified atom stereocenters. The third-order valence-electron chi connectivity index (χ3n) is 4.94. The molecule has 0 amide bonds. The second-order valence-corrected chi connectivity index (χ2v) is 7.76. The first-order valence-corrected chi connectivity index (χ1v) is 11.2. The van der Waals surface area contributed by atoms with Gasteiger partial charge >= 0.3 is 17.9 Å². The molecule has 0 saturated heterocycles. The van der Waals surface area contributed by atoms with Crippen molar-refractivity contribution in [2.75, 3.05) is 13.2 Å². The lowest BCUT2D eigenvalue weighted by Crippen LogP contribution is -2.28. The van der Waals surface area contributed by atoms with E-state index in [2.05, 4.69) is 0 Å². The molecule has 3 aromatic rings. The van der Waals surface area contributed by atoms with Crippen molar-refractivity contribution in [1.29, 1.82) is 0 Å².